The number of hydrogen-bond acceptors (Lipinski definition) is 4. The van der Waals surface area contributed by atoms with E-state index in [2.05, 4.69) is 4.90 Å². The monoisotopic (exact) mass is 234 g/mol. The van der Waals surface area contributed by atoms with Gasteiger partial charge in [0.2, 0.25) is 0 Å². The summed E-state index contributed by atoms with van der Waals surface area (Å²) in [7, 11) is 3.46. The molecule has 0 bridgehead atoms. The van der Waals surface area contributed by atoms with Gasteiger partial charge in [-0.1, -0.05) is 12.1 Å². The number of ether oxygens (including phenoxy) is 1. The summed E-state index contributed by atoms with van der Waals surface area (Å²) in [6.07, 6.45) is 0. The topological polar surface area (TPSA) is 55.6 Å². The van der Waals surface area contributed by atoms with E-state index in [1.807, 2.05) is 31.3 Å². The molecule has 2 N–H and O–H groups in total. The number of nitrogen functional groups attached to an aromatic ring is 1. The number of carbonyl (C=O) groups excluding carboxylic acids is 1. The highest BCUT2D eigenvalue weighted by Crippen LogP contribution is 2.33. The summed E-state index contributed by atoms with van der Waals surface area (Å²) in [6.45, 7) is 1.61. The predicted octanol–water partition coefficient (Wildman–Crippen LogP) is 1.09. The lowest BCUT2D eigenvalue weighted by molar-refractivity contribution is -0.145. The summed E-state index contributed by atoms with van der Waals surface area (Å²) in [4.78, 5) is 13.9. The summed E-state index contributed by atoms with van der Waals surface area (Å²) < 4.78 is 4.87. The summed E-state index contributed by atoms with van der Waals surface area (Å²) in [6, 6.07) is 7.75. The highest BCUT2D eigenvalue weighted by atomic mass is 16.5. The van der Waals surface area contributed by atoms with E-state index in [1.165, 1.54) is 7.11 Å². The van der Waals surface area contributed by atoms with Crippen molar-refractivity contribution in [1.29, 1.82) is 0 Å². The molecule has 1 aromatic carbocycles. The van der Waals surface area contributed by atoms with Crippen molar-refractivity contribution in [3.05, 3.63) is 29.8 Å². The molecular formula is C13H18N2O2. The lowest BCUT2D eigenvalue weighted by atomic mass is 9.89. The Labute approximate surface area is 101 Å². The number of hydrogen-bond donors (Lipinski definition) is 1. The summed E-state index contributed by atoms with van der Waals surface area (Å²) in [5, 5.41) is 0. The second-order valence-corrected chi connectivity index (χ2v) is 4.63. The van der Waals surface area contributed by atoms with Crippen LogP contribution in [0.25, 0.3) is 0 Å². The SMILES string of the molecule is COC(=O)C1CN(C)CC1c1cccc(N)c1. The molecule has 17 heavy (non-hydrogen) atoms. The number of likely N-dealkylation sites (tertiary alicyclic amines) is 1. The van der Waals surface area contributed by atoms with Gasteiger partial charge in [-0.15, -0.1) is 0 Å². The standard InChI is InChI=1S/C13H18N2O2/c1-15-7-11(12(8-15)13(16)17-2)9-4-3-5-10(14)6-9/h3-6,11-12H,7-8,14H2,1-2H3. The average Bonchev–Trinajstić information content (AvgIpc) is 2.70. The van der Waals surface area contributed by atoms with Crippen molar-refractivity contribution in [2.45, 2.75) is 5.92 Å². The van der Waals surface area contributed by atoms with Crippen LogP contribution >= 0.6 is 0 Å². The normalized spacial score (nSPS) is 24.8. The smallest absolute Gasteiger partial charge is 0.310 e. The zero-order valence-corrected chi connectivity index (χ0v) is 10.2. The van der Waals surface area contributed by atoms with Crippen LogP contribution in [-0.2, 0) is 9.53 Å². The number of anilines is 1. The Balaban J connectivity index is 2.26. The molecule has 0 aromatic heterocycles. The van der Waals surface area contributed by atoms with Crippen LogP contribution in [0.2, 0.25) is 0 Å². The highest BCUT2D eigenvalue weighted by Gasteiger charge is 2.37. The molecule has 4 heteroatoms. The number of likely N-dealkylation sites (N-methyl/N-ethyl adjacent to an activating group) is 1. The van der Waals surface area contributed by atoms with Crippen molar-refractivity contribution in [2.75, 3.05) is 33.0 Å². The van der Waals surface area contributed by atoms with Gasteiger partial charge in [-0.3, -0.25) is 4.79 Å². The van der Waals surface area contributed by atoms with E-state index in [4.69, 9.17) is 10.5 Å². The lowest BCUT2D eigenvalue weighted by Gasteiger charge is -2.16. The van der Waals surface area contributed by atoms with Crippen LogP contribution in [-0.4, -0.2) is 38.1 Å². The molecule has 1 fully saturated rings. The molecule has 1 aliphatic heterocycles. The summed E-state index contributed by atoms with van der Waals surface area (Å²) in [5.74, 6) is -0.0514. The summed E-state index contributed by atoms with van der Waals surface area (Å²) >= 11 is 0. The van der Waals surface area contributed by atoms with Gasteiger partial charge in [0.05, 0.1) is 13.0 Å². The van der Waals surface area contributed by atoms with Gasteiger partial charge in [0.25, 0.3) is 0 Å². The highest BCUT2D eigenvalue weighted by molar-refractivity contribution is 5.74. The molecule has 1 aliphatic rings. The van der Waals surface area contributed by atoms with Crippen molar-refractivity contribution in [2.24, 2.45) is 5.92 Å². The van der Waals surface area contributed by atoms with Crippen molar-refractivity contribution in [1.82, 2.24) is 4.90 Å². The van der Waals surface area contributed by atoms with Crippen LogP contribution in [0.1, 0.15) is 11.5 Å². The van der Waals surface area contributed by atoms with Crippen LogP contribution < -0.4 is 5.73 Å². The molecular weight excluding hydrogens is 216 g/mol. The first-order valence-electron chi connectivity index (χ1n) is 5.73. The molecule has 0 amide bonds. The van der Waals surface area contributed by atoms with Gasteiger partial charge in [0, 0.05) is 24.7 Å². The van der Waals surface area contributed by atoms with Gasteiger partial charge in [-0.05, 0) is 24.7 Å². The molecule has 0 radical (unpaired) electrons. The van der Waals surface area contributed by atoms with Crippen LogP contribution in [0.5, 0.6) is 0 Å². The third-order valence-electron chi connectivity index (χ3n) is 3.35. The van der Waals surface area contributed by atoms with Crippen LogP contribution in [0.15, 0.2) is 24.3 Å². The Hall–Kier alpha value is -1.55. The Morgan fingerprint density at radius 2 is 2.24 bits per heavy atom. The van der Waals surface area contributed by atoms with Crippen molar-refractivity contribution in [3.8, 4) is 0 Å². The average molecular weight is 234 g/mol. The molecule has 1 saturated heterocycles. The minimum absolute atomic E-state index is 0.0909. The second kappa shape index (κ2) is 4.75. The minimum Gasteiger partial charge on any atom is -0.469 e. The first kappa shape index (κ1) is 11.9. The Morgan fingerprint density at radius 3 is 2.88 bits per heavy atom. The molecule has 2 atom stereocenters. The number of nitrogens with two attached hydrogens (primary N) is 1. The van der Waals surface area contributed by atoms with E-state index in [9.17, 15) is 4.79 Å². The molecule has 0 spiro atoms. The number of esters is 1. The zero-order chi connectivity index (χ0) is 12.4. The lowest BCUT2D eigenvalue weighted by Crippen LogP contribution is -2.23. The van der Waals surface area contributed by atoms with E-state index in [1.54, 1.807) is 0 Å². The zero-order valence-electron chi connectivity index (χ0n) is 10.2. The van der Waals surface area contributed by atoms with Crippen LogP contribution in [0, 0.1) is 5.92 Å². The van der Waals surface area contributed by atoms with Crippen LogP contribution in [0.3, 0.4) is 0 Å². The van der Waals surface area contributed by atoms with Gasteiger partial charge >= 0.3 is 5.97 Å². The van der Waals surface area contributed by atoms with E-state index >= 15 is 0 Å². The van der Waals surface area contributed by atoms with Gasteiger partial charge in [-0.2, -0.15) is 0 Å². The first-order chi connectivity index (χ1) is 8.11. The largest absolute Gasteiger partial charge is 0.469 e. The maximum absolute atomic E-state index is 11.7. The first-order valence-corrected chi connectivity index (χ1v) is 5.73. The van der Waals surface area contributed by atoms with Gasteiger partial charge in [-0.25, -0.2) is 0 Å². The molecule has 2 rings (SSSR count). The molecule has 1 aromatic rings. The molecule has 0 saturated carbocycles. The fourth-order valence-corrected chi connectivity index (χ4v) is 2.52. The summed E-state index contributed by atoms with van der Waals surface area (Å²) in [5.41, 5.74) is 7.64. The van der Waals surface area contributed by atoms with Crippen molar-refractivity contribution < 1.29 is 9.53 Å². The van der Waals surface area contributed by atoms with Gasteiger partial charge in [0.15, 0.2) is 0 Å². The number of carbonyl (C=O) groups is 1. The van der Waals surface area contributed by atoms with E-state index < -0.39 is 0 Å². The third-order valence-corrected chi connectivity index (χ3v) is 3.35. The van der Waals surface area contributed by atoms with Crippen LogP contribution in [0.4, 0.5) is 5.69 Å². The maximum Gasteiger partial charge on any atom is 0.310 e. The van der Waals surface area contributed by atoms with E-state index in [0.717, 1.165) is 24.3 Å². The Bertz CT molecular complexity index is 420. The van der Waals surface area contributed by atoms with E-state index in [-0.39, 0.29) is 17.8 Å². The van der Waals surface area contributed by atoms with Gasteiger partial charge in [0.1, 0.15) is 0 Å². The molecule has 0 aliphatic carbocycles. The number of benzene rings is 1. The Morgan fingerprint density at radius 1 is 1.47 bits per heavy atom. The van der Waals surface area contributed by atoms with E-state index in [0.29, 0.717) is 0 Å². The number of methoxy groups -OCH3 is 1. The number of nitrogens with zero attached hydrogens (tertiary/aromatic N) is 1. The Kier molecular flexibility index (Phi) is 3.33. The van der Waals surface area contributed by atoms with Crippen molar-refractivity contribution >= 4 is 11.7 Å². The fraction of sp³-hybridized carbons (Fsp3) is 0.462. The molecule has 2 unspecified atom stereocenters. The third kappa shape index (κ3) is 2.42. The second-order valence-electron chi connectivity index (χ2n) is 4.63. The minimum atomic E-state index is -0.137. The molecule has 92 valence electrons. The fourth-order valence-electron chi connectivity index (χ4n) is 2.52. The van der Waals surface area contributed by atoms with Crippen molar-refractivity contribution in [3.63, 3.8) is 0 Å². The quantitative estimate of drug-likeness (QED) is 0.614. The van der Waals surface area contributed by atoms with Gasteiger partial charge < -0.3 is 15.4 Å². The maximum atomic E-state index is 11.7. The number of rotatable bonds is 2. The predicted molar refractivity (Wildman–Crippen MR) is 66.6 cm³/mol. The molecule has 1 heterocycles. The molecule has 4 nitrogen and oxygen atoms in total.